The van der Waals surface area contributed by atoms with E-state index in [4.69, 9.17) is 6.42 Å². The first kappa shape index (κ1) is 16.5. The van der Waals surface area contributed by atoms with Crippen LogP contribution in [0.15, 0.2) is 40.6 Å². The lowest BCUT2D eigenvalue weighted by atomic mass is 10.0. The van der Waals surface area contributed by atoms with Gasteiger partial charge in [-0.05, 0) is 0 Å². The van der Waals surface area contributed by atoms with E-state index in [-0.39, 0.29) is 5.91 Å². The molecule has 0 N–H and O–H groups in total. The number of hydrogen-bond acceptors (Lipinski definition) is 5. The van der Waals surface area contributed by atoms with Crippen LogP contribution in [0.3, 0.4) is 0 Å². The van der Waals surface area contributed by atoms with E-state index in [1.165, 1.54) is 0 Å². The topological polar surface area (TPSA) is 75.7 Å². The Labute approximate surface area is 152 Å². The number of aromatic nitrogens is 3. The molecule has 1 aromatic carbocycles. The van der Waals surface area contributed by atoms with Crippen molar-refractivity contribution in [3.63, 3.8) is 0 Å². The summed E-state index contributed by atoms with van der Waals surface area (Å²) in [5.41, 5.74) is 0.636. The Bertz CT molecular complexity index is 873. The van der Waals surface area contributed by atoms with Crippen LogP contribution in [0.4, 0.5) is 0 Å². The first-order valence-electron chi connectivity index (χ1n) is 8.84. The Morgan fingerprint density at radius 1 is 1.15 bits per heavy atom. The highest BCUT2D eigenvalue weighted by Crippen LogP contribution is 2.37. The Kier molecular flexibility index (Phi) is 4.25. The fourth-order valence-electron chi connectivity index (χ4n) is 3.30. The van der Waals surface area contributed by atoms with Gasteiger partial charge in [-0.25, -0.2) is 0 Å². The minimum atomic E-state index is -0.404. The van der Waals surface area contributed by atoms with E-state index in [1.54, 1.807) is 0 Å². The third-order valence-electron chi connectivity index (χ3n) is 4.93. The molecule has 1 amide bonds. The van der Waals surface area contributed by atoms with Crippen LogP contribution >= 0.6 is 0 Å². The van der Waals surface area contributed by atoms with Crippen LogP contribution in [0.5, 0.6) is 0 Å². The molecule has 2 aliphatic rings. The van der Waals surface area contributed by atoms with Gasteiger partial charge in [0.15, 0.2) is 17.3 Å². The van der Waals surface area contributed by atoms with Crippen molar-refractivity contribution in [2.75, 3.05) is 6.54 Å². The molecule has 0 radical (unpaired) electrons. The normalized spacial score (nSPS) is 16.8. The quantitative estimate of drug-likeness (QED) is 0.753. The highest BCUT2D eigenvalue weighted by atomic mass is 16.2. The van der Waals surface area contributed by atoms with Gasteiger partial charge < -0.3 is 9.47 Å². The number of fused-ring (bicyclic) bond motifs is 1. The molecule has 2 aromatic rings. The second kappa shape index (κ2) is 6.71. The number of amides is 1. The van der Waals surface area contributed by atoms with Gasteiger partial charge in [0, 0.05) is 44.3 Å². The average Bonchev–Trinajstić information content (AvgIpc) is 3.34. The maximum absolute atomic E-state index is 12.6. The van der Waals surface area contributed by atoms with Gasteiger partial charge in [-0.3, -0.25) is 4.79 Å². The molecular formula is C19H20N6O. The molecule has 2 aliphatic heterocycles. The van der Waals surface area contributed by atoms with Crippen LogP contribution in [0.1, 0.15) is 31.5 Å². The number of benzene rings is 1. The number of carbonyl (C=O) groups is 1. The van der Waals surface area contributed by atoms with Crippen LogP contribution in [0.25, 0.3) is 11.4 Å². The lowest BCUT2D eigenvalue weighted by Gasteiger charge is -2.28. The van der Waals surface area contributed by atoms with Crippen molar-refractivity contribution in [2.45, 2.75) is 44.4 Å². The second-order valence-corrected chi connectivity index (χ2v) is 6.66. The van der Waals surface area contributed by atoms with E-state index in [0.29, 0.717) is 38.9 Å². The molecule has 0 unspecified atom stereocenters. The smallest absolute Gasteiger partial charge is 0.223 e. The van der Waals surface area contributed by atoms with Crippen molar-refractivity contribution in [1.29, 1.82) is 0 Å². The Morgan fingerprint density at radius 3 is 2.69 bits per heavy atom. The fourth-order valence-corrected chi connectivity index (χ4v) is 3.30. The van der Waals surface area contributed by atoms with Gasteiger partial charge in [0.2, 0.25) is 5.91 Å². The maximum Gasteiger partial charge on any atom is 0.223 e. The summed E-state index contributed by atoms with van der Waals surface area (Å²) in [4.78, 5) is 14.4. The van der Waals surface area contributed by atoms with Gasteiger partial charge in [0.1, 0.15) is 0 Å². The summed E-state index contributed by atoms with van der Waals surface area (Å²) >= 11 is 0. The average molecular weight is 348 g/mol. The SMILES string of the molecule is C#CCCC1(CCC(=O)N2CCn3c(nnc3-c3ccccc3)C2)N=N1. The van der Waals surface area contributed by atoms with Crippen LogP contribution in [-0.4, -0.2) is 37.8 Å². The number of hydrogen-bond donors (Lipinski definition) is 0. The molecule has 0 aliphatic carbocycles. The van der Waals surface area contributed by atoms with Crippen molar-refractivity contribution >= 4 is 5.91 Å². The molecule has 0 fully saturated rings. The van der Waals surface area contributed by atoms with Crippen molar-refractivity contribution < 1.29 is 4.79 Å². The number of nitrogens with zero attached hydrogens (tertiary/aromatic N) is 6. The fraction of sp³-hybridized carbons (Fsp3) is 0.421. The summed E-state index contributed by atoms with van der Waals surface area (Å²) in [7, 11) is 0. The van der Waals surface area contributed by atoms with Gasteiger partial charge in [-0.15, -0.1) is 22.5 Å². The number of rotatable bonds is 6. The molecule has 0 spiro atoms. The summed E-state index contributed by atoms with van der Waals surface area (Å²) in [6.07, 6.45) is 7.72. The highest BCUT2D eigenvalue weighted by Gasteiger charge is 2.39. The predicted molar refractivity (Wildman–Crippen MR) is 95.8 cm³/mol. The Morgan fingerprint density at radius 2 is 1.96 bits per heavy atom. The van der Waals surface area contributed by atoms with E-state index in [0.717, 1.165) is 23.6 Å². The molecule has 132 valence electrons. The predicted octanol–water partition coefficient (Wildman–Crippen LogP) is 2.64. The first-order chi connectivity index (χ1) is 12.7. The summed E-state index contributed by atoms with van der Waals surface area (Å²) in [5.74, 6) is 4.40. The zero-order valence-corrected chi connectivity index (χ0v) is 14.5. The third kappa shape index (κ3) is 3.23. The minimum Gasteiger partial charge on any atom is -0.333 e. The molecule has 0 saturated carbocycles. The second-order valence-electron chi connectivity index (χ2n) is 6.66. The molecule has 4 rings (SSSR count). The Hall–Kier alpha value is -3.01. The molecule has 7 heteroatoms. The standard InChI is InChI=1S/C19H20N6O/c1-2-3-10-19(22-23-19)11-9-17(26)24-12-13-25-16(14-24)20-21-18(25)15-7-5-4-6-8-15/h1,4-8H,3,9-14H2. The van der Waals surface area contributed by atoms with Crippen LogP contribution in [0, 0.1) is 12.3 Å². The van der Waals surface area contributed by atoms with Gasteiger partial charge in [-0.1, -0.05) is 30.3 Å². The van der Waals surface area contributed by atoms with Gasteiger partial charge in [0.25, 0.3) is 0 Å². The summed E-state index contributed by atoms with van der Waals surface area (Å²) in [5, 5.41) is 16.8. The zero-order valence-electron chi connectivity index (χ0n) is 14.5. The van der Waals surface area contributed by atoms with Gasteiger partial charge in [0.05, 0.1) is 6.54 Å². The summed E-state index contributed by atoms with van der Waals surface area (Å²) < 4.78 is 2.10. The molecule has 26 heavy (non-hydrogen) atoms. The first-order valence-corrected chi connectivity index (χ1v) is 8.84. The van der Waals surface area contributed by atoms with Crippen LogP contribution in [-0.2, 0) is 17.9 Å². The van der Waals surface area contributed by atoms with E-state index >= 15 is 0 Å². The number of terminal acetylenes is 1. The largest absolute Gasteiger partial charge is 0.333 e. The maximum atomic E-state index is 12.6. The molecule has 3 heterocycles. The van der Waals surface area contributed by atoms with Crippen LogP contribution < -0.4 is 0 Å². The van der Waals surface area contributed by atoms with Gasteiger partial charge in [-0.2, -0.15) is 10.2 Å². The van der Waals surface area contributed by atoms with Crippen LogP contribution in [0.2, 0.25) is 0 Å². The number of carbonyl (C=O) groups excluding carboxylic acids is 1. The monoisotopic (exact) mass is 348 g/mol. The van der Waals surface area contributed by atoms with E-state index in [2.05, 4.69) is 30.9 Å². The van der Waals surface area contributed by atoms with Gasteiger partial charge >= 0.3 is 0 Å². The van der Waals surface area contributed by atoms with Crippen molar-refractivity contribution in [3.05, 3.63) is 36.2 Å². The van der Waals surface area contributed by atoms with Crippen molar-refractivity contribution in [3.8, 4) is 23.7 Å². The lowest BCUT2D eigenvalue weighted by molar-refractivity contribution is -0.133. The molecule has 0 atom stereocenters. The van der Waals surface area contributed by atoms with Crippen molar-refractivity contribution in [2.24, 2.45) is 10.2 Å². The lowest BCUT2D eigenvalue weighted by Crippen LogP contribution is -2.39. The molecule has 0 bridgehead atoms. The molecular weight excluding hydrogens is 328 g/mol. The van der Waals surface area contributed by atoms with Crippen molar-refractivity contribution in [1.82, 2.24) is 19.7 Å². The minimum absolute atomic E-state index is 0.109. The molecule has 7 nitrogen and oxygen atoms in total. The van der Waals surface area contributed by atoms with E-state index in [9.17, 15) is 4.79 Å². The summed E-state index contributed by atoms with van der Waals surface area (Å²) in [6, 6.07) is 9.99. The third-order valence-corrected chi connectivity index (χ3v) is 4.93. The molecule has 1 aromatic heterocycles. The van der Waals surface area contributed by atoms with E-state index in [1.807, 2.05) is 35.2 Å². The zero-order chi connectivity index (χ0) is 18.0. The highest BCUT2D eigenvalue weighted by molar-refractivity contribution is 5.76. The molecule has 0 saturated heterocycles. The van der Waals surface area contributed by atoms with E-state index < -0.39 is 5.66 Å². The Balaban J connectivity index is 1.38. The summed E-state index contributed by atoms with van der Waals surface area (Å²) in [6.45, 7) is 1.86.